The first-order valence-corrected chi connectivity index (χ1v) is 5.23. The minimum atomic E-state index is -2.57. The summed E-state index contributed by atoms with van der Waals surface area (Å²) in [6, 6.07) is 1.62. The van der Waals surface area contributed by atoms with E-state index in [0.29, 0.717) is 17.4 Å². The van der Waals surface area contributed by atoms with Gasteiger partial charge in [0, 0.05) is 24.5 Å². The second-order valence-corrected chi connectivity index (χ2v) is 4.37. The first kappa shape index (κ1) is 10.7. The minimum Gasteiger partial charge on any atom is -0.238 e. The van der Waals surface area contributed by atoms with Crippen LogP contribution in [0.25, 0.3) is 0 Å². The highest BCUT2D eigenvalue weighted by Gasteiger charge is 2.41. The molecule has 1 aromatic heterocycles. The van der Waals surface area contributed by atoms with Gasteiger partial charge in [0.05, 0.1) is 0 Å². The van der Waals surface area contributed by atoms with Gasteiger partial charge in [0.25, 0.3) is 0 Å². The van der Waals surface area contributed by atoms with Crippen LogP contribution < -0.4 is 0 Å². The molecule has 0 bridgehead atoms. The van der Waals surface area contributed by atoms with E-state index >= 15 is 0 Å². The van der Waals surface area contributed by atoms with Crippen molar-refractivity contribution < 1.29 is 8.78 Å². The Morgan fingerprint density at radius 3 is 2.73 bits per heavy atom. The van der Waals surface area contributed by atoms with Crippen LogP contribution in [0.4, 0.5) is 8.78 Å². The van der Waals surface area contributed by atoms with Crippen LogP contribution in [0.3, 0.4) is 0 Å². The zero-order valence-electron chi connectivity index (χ0n) is 8.30. The Bertz CT molecular complexity index is 361. The zero-order valence-corrected chi connectivity index (χ0v) is 9.06. The van der Waals surface area contributed by atoms with Crippen LogP contribution in [0.5, 0.6) is 0 Å². The second kappa shape index (κ2) is 3.67. The first-order chi connectivity index (χ1) is 6.96. The average Bonchev–Trinajstić information content (AvgIpc) is 2.44. The quantitative estimate of drug-likeness (QED) is 0.694. The molecule has 1 fully saturated rings. The molecule has 1 aliphatic carbocycles. The summed E-state index contributed by atoms with van der Waals surface area (Å²) in [5.41, 5.74) is 0.722. The fourth-order valence-electron chi connectivity index (χ4n) is 1.91. The van der Waals surface area contributed by atoms with E-state index in [-0.39, 0.29) is 18.8 Å². The van der Waals surface area contributed by atoms with Crippen molar-refractivity contribution >= 4 is 11.6 Å². The first-order valence-electron chi connectivity index (χ1n) is 4.85. The van der Waals surface area contributed by atoms with Gasteiger partial charge in [-0.2, -0.15) is 0 Å². The highest BCUT2D eigenvalue weighted by molar-refractivity contribution is 6.29. The second-order valence-electron chi connectivity index (χ2n) is 3.99. The summed E-state index contributed by atoms with van der Waals surface area (Å²) in [7, 11) is 0. The summed E-state index contributed by atoms with van der Waals surface area (Å²) in [5.74, 6) is -2.36. The standard InChI is InChI=1S/C10H11ClF2N2/c1-6-4-8(11)15-9(14-6)7-2-3-10(12,13)5-7/h4,7H,2-3,5H2,1H3. The van der Waals surface area contributed by atoms with Gasteiger partial charge < -0.3 is 0 Å². The van der Waals surface area contributed by atoms with Crippen LogP contribution in [0.2, 0.25) is 5.15 Å². The molecule has 1 heterocycles. The summed E-state index contributed by atoms with van der Waals surface area (Å²) in [6.45, 7) is 1.78. The Balaban J connectivity index is 2.24. The number of aryl methyl sites for hydroxylation is 1. The Kier molecular flexibility index (Phi) is 2.63. The molecular formula is C10H11ClF2N2. The lowest BCUT2D eigenvalue weighted by Crippen LogP contribution is -2.10. The summed E-state index contributed by atoms with van der Waals surface area (Å²) < 4.78 is 26.0. The van der Waals surface area contributed by atoms with E-state index in [1.807, 2.05) is 0 Å². The fraction of sp³-hybridized carbons (Fsp3) is 0.600. The van der Waals surface area contributed by atoms with E-state index in [9.17, 15) is 8.78 Å². The van der Waals surface area contributed by atoms with Gasteiger partial charge >= 0.3 is 0 Å². The molecule has 0 aliphatic heterocycles. The Hall–Kier alpha value is -0.770. The smallest absolute Gasteiger partial charge is 0.238 e. The predicted octanol–water partition coefficient (Wildman–Crippen LogP) is 3.34. The van der Waals surface area contributed by atoms with Crippen LogP contribution in [0.15, 0.2) is 6.07 Å². The molecule has 2 rings (SSSR count). The highest BCUT2D eigenvalue weighted by Crippen LogP contribution is 2.43. The molecule has 5 heteroatoms. The number of halogens is 3. The maximum Gasteiger partial charge on any atom is 0.248 e. The largest absolute Gasteiger partial charge is 0.248 e. The third-order valence-corrected chi connectivity index (χ3v) is 2.80. The van der Waals surface area contributed by atoms with Gasteiger partial charge in [0.15, 0.2) is 0 Å². The molecule has 15 heavy (non-hydrogen) atoms. The third kappa shape index (κ3) is 2.43. The molecule has 1 aliphatic rings. The van der Waals surface area contributed by atoms with Gasteiger partial charge in [-0.3, -0.25) is 0 Å². The minimum absolute atomic E-state index is 0.0768. The van der Waals surface area contributed by atoms with E-state index in [4.69, 9.17) is 11.6 Å². The zero-order chi connectivity index (χ0) is 11.1. The molecule has 82 valence electrons. The Morgan fingerprint density at radius 1 is 1.47 bits per heavy atom. The summed E-state index contributed by atoms with van der Waals surface area (Å²) >= 11 is 5.76. The van der Waals surface area contributed by atoms with Gasteiger partial charge in [-0.05, 0) is 19.4 Å². The topological polar surface area (TPSA) is 25.8 Å². The maximum atomic E-state index is 13.0. The van der Waals surface area contributed by atoms with Gasteiger partial charge in [-0.1, -0.05) is 11.6 Å². The number of hydrogen-bond donors (Lipinski definition) is 0. The van der Waals surface area contributed by atoms with E-state index in [2.05, 4.69) is 9.97 Å². The molecule has 1 saturated carbocycles. The number of hydrogen-bond acceptors (Lipinski definition) is 2. The predicted molar refractivity (Wildman–Crippen MR) is 53.3 cm³/mol. The van der Waals surface area contributed by atoms with Gasteiger partial charge in [-0.15, -0.1) is 0 Å². The third-order valence-electron chi connectivity index (χ3n) is 2.61. The van der Waals surface area contributed by atoms with Crippen molar-refractivity contribution in [2.75, 3.05) is 0 Å². The van der Waals surface area contributed by atoms with E-state index in [1.165, 1.54) is 0 Å². The Morgan fingerprint density at radius 2 is 2.20 bits per heavy atom. The van der Waals surface area contributed by atoms with Gasteiger partial charge in [-0.25, -0.2) is 18.7 Å². The summed E-state index contributed by atoms with van der Waals surface area (Å²) in [5, 5.41) is 0.327. The lowest BCUT2D eigenvalue weighted by atomic mass is 10.1. The number of aromatic nitrogens is 2. The van der Waals surface area contributed by atoms with E-state index < -0.39 is 5.92 Å². The highest BCUT2D eigenvalue weighted by atomic mass is 35.5. The SMILES string of the molecule is Cc1cc(Cl)nc(C2CCC(F)(F)C2)n1. The van der Waals surface area contributed by atoms with Crippen LogP contribution in [0.1, 0.15) is 36.7 Å². The van der Waals surface area contributed by atoms with Crippen molar-refractivity contribution in [1.29, 1.82) is 0 Å². The van der Waals surface area contributed by atoms with Crippen LogP contribution in [-0.4, -0.2) is 15.9 Å². The molecule has 0 spiro atoms. The van der Waals surface area contributed by atoms with Crippen LogP contribution in [-0.2, 0) is 0 Å². The van der Waals surface area contributed by atoms with Crippen molar-refractivity contribution in [2.45, 2.75) is 38.0 Å². The molecule has 0 saturated heterocycles. The maximum absolute atomic E-state index is 13.0. The number of rotatable bonds is 1. The van der Waals surface area contributed by atoms with Gasteiger partial charge in [0.1, 0.15) is 11.0 Å². The van der Waals surface area contributed by atoms with E-state index in [1.54, 1.807) is 13.0 Å². The molecular weight excluding hydrogens is 222 g/mol. The van der Waals surface area contributed by atoms with Crippen molar-refractivity contribution in [3.8, 4) is 0 Å². The van der Waals surface area contributed by atoms with Crippen molar-refractivity contribution in [3.05, 3.63) is 22.7 Å². The molecule has 1 atom stereocenters. The molecule has 0 N–H and O–H groups in total. The lowest BCUT2D eigenvalue weighted by molar-refractivity contribution is 0.00753. The normalized spacial score (nSPS) is 24.4. The fourth-order valence-corrected chi connectivity index (χ4v) is 2.15. The molecule has 1 unspecified atom stereocenters. The van der Waals surface area contributed by atoms with Crippen LogP contribution in [0, 0.1) is 6.92 Å². The van der Waals surface area contributed by atoms with Gasteiger partial charge in [0.2, 0.25) is 5.92 Å². The molecule has 0 amide bonds. The summed E-state index contributed by atoms with van der Waals surface area (Å²) in [4.78, 5) is 8.16. The van der Waals surface area contributed by atoms with Crippen LogP contribution >= 0.6 is 11.6 Å². The van der Waals surface area contributed by atoms with E-state index in [0.717, 1.165) is 5.69 Å². The molecule has 0 radical (unpaired) electrons. The molecule has 2 nitrogen and oxygen atoms in total. The molecule has 0 aromatic carbocycles. The van der Waals surface area contributed by atoms with Crippen molar-refractivity contribution in [1.82, 2.24) is 9.97 Å². The monoisotopic (exact) mass is 232 g/mol. The number of nitrogens with zero attached hydrogens (tertiary/aromatic N) is 2. The summed E-state index contributed by atoms with van der Waals surface area (Å²) in [6.07, 6.45) is 0.201. The Labute approximate surface area is 91.7 Å². The van der Waals surface area contributed by atoms with Crippen molar-refractivity contribution in [3.63, 3.8) is 0 Å². The molecule has 1 aromatic rings. The lowest BCUT2D eigenvalue weighted by Gasteiger charge is -2.10. The average molecular weight is 233 g/mol. The van der Waals surface area contributed by atoms with Crippen molar-refractivity contribution in [2.24, 2.45) is 0 Å². The number of alkyl halides is 2.